The van der Waals surface area contributed by atoms with Gasteiger partial charge >= 0.3 is 6.03 Å². The van der Waals surface area contributed by atoms with Crippen molar-refractivity contribution >= 4 is 23.4 Å². The Morgan fingerprint density at radius 2 is 1.79 bits per heavy atom. The molecule has 156 valence electrons. The number of anilines is 1. The van der Waals surface area contributed by atoms with Crippen molar-refractivity contribution in [1.82, 2.24) is 15.1 Å². The second kappa shape index (κ2) is 7.74. The van der Waals surface area contributed by atoms with Crippen molar-refractivity contribution in [2.24, 2.45) is 0 Å². The number of carbonyl (C=O) groups is 3. The summed E-state index contributed by atoms with van der Waals surface area (Å²) in [5.74, 6) is -0.667. The third kappa shape index (κ3) is 3.73. The van der Waals surface area contributed by atoms with Gasteiger partial charge in [0, 0.05) is 31.7 Å². The molecule has 0 unspecified atom stereocenters. The second-order valence-electron chi connectivity index (χ2n) is 8.27. The van der Waals surface area contributed by atoms with Gasteiger partial charge in [0.1, 0.15) is 11.4 Å². The molecule has 0 radical (unpaired) electrons. The number of amides is 3. The molecule has 1 aromatic carbocycles. The van der Waals surface area contributed by atoms with Crippen LogP contribution in [0.3, 0.4) is 0 Å². The molecular weight excluding hydrogens is 375 g/mol. The molecular formula is C21H27FN4O3. The predicted octanol–water partition coefficient (Wildman–Crippen LogP) is 2.36. The first-order chi connectivity index (χ1) is 13.9. The fraction of sp³-hybridized carbons (Fsp3) is 0.571. The number of rotatable bonds is 4. The summed E-state index contributed by atoms with van der Waals surface area (Å²) in [4.78, 5) is 42.1. The van der Waals surface area contributed by atoms with E-state index in [2.05, 4.69) is 10.2 Å². The molecule has 0 atom stereocenters. The van der Waals surface area contributed by atoms with Crippen molar-refractivity contribution in [3.8, 4) is 0 Å². The Balaban J connectivity index is 1.36. The molecule has 8 heteroatoms. The highest BCUT2D eigenvalue weighted by Crippen LogP contribution is 2.33. The van der Waals surface area contributed by atoms with Gasteiger partial charge in [-0.15, -0.1) is 0 Å². The third-order valence-electron chi connectivity index (χ3n) is 6.36. The van der Waals surface area contributed by atoms with Gasteiger partial charge in [-0.25, -0.2) is 14.1 Å². The topological polar surface area (TPSA) is 73.0 Å². The lowest BCUT2D eigenvalue weighted by Crippen LogP contribution is -2.52. The molecule has 1 saturated carbocycles. The van der Waals surface area contributed by atoms with E-state index < -0.39 is 11.4 Å². The molecule has 1 N–H and O–H groups in total. The number of ketones is 1. The minimum Gasteiger partial charge on any atom is -0.367 e. The molecule has 1 spiro atoms. The quantitative estimate of drug-likeness (QED) is 0.618. The molecule has 2 aliphatic heterocycles. The van der Waals surface area contributed by atoms with Crippen LogP contribution in [-0.2, 0) is 4.79 Å². The number of nitrogens with one attached hydrogen (secondary N) is 1. The van der Waals surface area contributed by atoms with Gasteiger partial charge in [0.05, 0.1) is 12.4 Å². The number of benzene rings is 1. The average molecular weight is 402 g/mol. The summed E-state index contributed by atoms with van der Waals surface area (Å²) in [5, 5.41) is 2.94. The summed E-state index contributed by atoms with van der Waals surface area (Å²) >= 11 is 0. The van der Waals surface area contributed by atoms with Crippen molar-refractivity contribution < 1.29 is 18.8 Å². The summed E-state index contributed by atoms with van der Waals surface area (Å²) in [6, 6.07) is 4.27. The summed E-state index contributed by atoms with van der Waals surface area (Å²) in [5.41, 5.74) is 0.143. The summed E-state index contributed by atoms with van der Waals surface area (Å²) in [7, 11) is 0. The Morgan fingerprint density at radius 3 is 2.41 bits per heavy atom. The van der Waals surface area contributed by atoms with Gasteiger partial charge in [-0.3, -0.25) is 14.5 Å². The molecule has 2 heterocycles. The standard InChI is InChI=1S/C21H27FN4O3/c1-15(27)16-5-6-18(17(22)13-16)25-11-9-24(10-12-25)14-26-19(28)21(23-20(26)29)7-3-2-4-8-21/h5-6,13H,2-4,7-12,14H2,1H3,(H,23,29). The van der Waals surface area contributed by atoms with E-state index in [-0.39, 0.29) is 24.4 Å². The Kier molecular flexibility index (Phi) is 5.29. The van der Waals surface area contributed by atoms with Crippen molar-refractivity contribution in [1.29, 1.82) is 0 Å². The van der Waals surface area contributed by atoms with Crippen LogP contribution in [0.5, 0.6) is 0 Å². The predicted molar refractivity (Wildman–Crippen MR) is 106 cm³/mol. The van der Waals surface area contributed by atoms with E-state index in [9.17, 15) is 18.8 Å². The van der Waals surface area contributed by atoms with Gasteiger partial charge in [-0.05, 0) is 38.0 Å². The number of halogens is 1. The fourth-order valence-corrected chi connectivity index (χ4v) is 4.61. The Morgan fingerprint density at radius 1 is 1.10 bits per heavy atom. The molecule has 3 fully saturated rings. The van der Waals surface area contributed by atoms with Crippen LogP contribution in [-0.4, -0.2) is 65.9 Å². The van der Waals surface area contributed by atoms with Crippen LogP contribution >= 0.6 is 0 Å². The molecule has 4 rings (SSSR count). The maximum atomic E-state index is 14.4. The van der Waals surface area contributed by atoms with Crippen molar-refractivity contribution in [2.45, 2.75) is 44.6 Å². The summed E-state index contributed by atoms with van der Waals surface area (Å²) in [6.45, 7) is 4.11. The van der Waals surface area contributed by atoms with Gasteiger partial charge in [0.15, 0.2) is 5.78 Å². The van der Waals surface area contributed by atoms with Crippen molar-refractivity contribution in [2.75, 3.05) is 37.7 Å². The lowest BCUT2D eigenvalue weighted by molar-refractivity contribution is -0.133. The maximum absolute atomic E-state index is 14.4. The lowest BCUT2D eigenvalue weighted by Gasteiger charge is -2.37. The third-order valence-corrected chi connectivity index (χ3v) is 6.36. The van der Waals surface area contributed by atoms with E-state index >= 15 is 0 Å². The fourth-order valence-electron chi connectivity index (χ4n) is 4.61. The Bertz CT molecular complexity index is 829. The molecule has 0 aromatic heterocycles. The monoisotopic (exact) mass is 402 g/mol. The first kappa shape index (κ1) is 19.8. The molecule has 1 aromatic rings. The van der Waals surface area contributed by atoms with E-state index in [0.717, 1.165) is 32.1 Å². The van der Waals surface area contributed by atoms with Crippen molar-refractivity contribution in [3.05, 3.63) is 29.6 Å². The zero-order valence-corrected chi connectivity index (χ0v) is 16.7. The zero-order valence-electron chi connectivity index (χ0n) is 16.7. The maximum Gasteiger partial charge on any atom is 0.326 e. The number of imide groups is 1. The second-order valence-corrected chi connectivity index (χ2v) is 8.27. The molecule has 0 bridgehead atoms. The van der Waals surface area contributed by atoms with Gasteiger partial charge < -0.3 is 10.2 Å². The number of Topliss-reactive ketones (excluding diaryl/α,β-unsaturated/α-hetero) is 1. The van der Waals surface area contributed by atoms with Crippen LogP contribution in [0.25, 0.3) is 0 Å². The van der Waals surface area contributed by atoms with E-state index in [4.69, 9.17) is 0 Å². The number of carbonyl (C=O) groups excluding carboxylic acids is 3. The minimum absolute atomic E-state index is 0.101. The van der Waals surface area contributed by atoms with Crippen LogP contribution < -0.4 is 10.2 Å². The van der Waals surface area contributed by atoms with E-state index in [1.807, 2.05) is 4.90 Å². The van der Waals surface area contributed by atoms with E-state index in [0.29, 0.717) is 37.4 Å². The number of hydrogen-bond donors (Lipinski definition) is 1. The largest absolute Gasteiger partial charge is 0.367 e. The van der Waals surface area contributed by atoms with Crippen LogP contribution in [0, 0.1) is 5.82 Å². The number of nitrogens with zero attached hydrogens (tertiary/aromatic N) is 3. The lowest BCUT2D eigenvalue weighted by atomic mass is 9.82. The van der Waals surface area contributed by atoms with Crippen molar-refractivity contribution in [3.63, 3.8) is 0 Å². The zero-order chi connectivity index (χ0) is 20.6. The van der Waals surface area contributed by atoms with Crippen LogP contribution in [0.2, 0.25) is 0 Å². The first-order valence-corrected chi connectivity index (χ1v) is 10.3. The van der Waals surface area contributed by atoms with Gasteiger partial charge in [0.25, 0.3) is 5.91 Å². The first-order valence-electron chi connectivity index (χ1n) is 10.3. The molecule has 29 heavy (non-hydrogen) atoms. The highest BCUT2D eigenvalue weighted by molar-refractivity contribution is 6.07. The highest BCUT2D eigenvalue weighted by atomic mass is 19.1. The SMILES string of the molecule is CC(=O)c1ccc(N2CCN(CN3C(=O)NC4(CCCCC4)C3=O)CC2)c(F)c1. The normalized spacial score (nSPS) is 22.3. The summed E-state index contributed by atoms with van der Waals surface area (Å²) in [6.07, 6.45) is 4.48. The van der Waals surface area contributed by atoms with E-state index in [1.165, 1.54) is 17.9 Å². The number of urea groups is 1. The van der Waals surface area contributed by atoms with E-state index in [1.54, 1.807) is 12.1 Å². The number of piperazine rings is 1. The molecule has 2 saturated heterocycles. The molecule has 3 aliphatic rings. The highest BCUT2D eigenvalue weighted by Gasteiger charge is 2.51. The van der Waals surface area contributed by atoms with Crippen LogP contribution in [0.15, 0.2) is 18.2 Å². The Labute approximate surface area is 169 Å². The van der Waals surface area contributed by atoms with Crippen LogP contribution in [0.1, 0.15) is 49.4 Å². The molecule has 1 aliphatic carbocycles. The Hall–Kier alpha value is -2.48. The smallest absolute Gasteiger partial charge is 0.326 e. The van der Waals surface area contributed by atoms with Gasteiger partial charge in [-0.1, -0.05) is 19.3 Å². The summed E-state index contributed by atoms with van der Waals surface area (Å²) < 4.78 is 14.4. The van der Waals surface area contributed by atoms with Gasteiger partial charge in [0.2, 0.25) is 0 Å². The molecule has 3 amide bonds. The van der Waals surface area contributed by atoms with Crippen LogP contribution in [0.4, 0.5) is 14.9 Å². The molecule has 7 nitrogen and oxygen atoms in total. The number of hydrogen-bond acceptors (Lipinski definition) is 5. The minimum atomic E-state index is -0.696. The average Bonchev–Trinajstić information content (AvgIpc) is 2.93. The van der Waals surface area contributed by atoms with Gasteiger partial charge in [-0.2, -0.15) is 0 Å².